The molecule has 0 aliphatic carbocycles. The van der Waals surface area contributed by atoms with Gasteiger partial charge < -0.3 is 14.5 Å². The lowest BCUT2D eigenvalue weighted by Gasteiger charge is -2.35. The highest BCUT2D eigenvalue weighted by Crippen LogP contribution is 2.18. The molecule has 7 heteroatoms. The normalized spacial score (nSPS) is 15.1. The number of aromatic nitrogens is 4. The van der Waals surface area contributed by atoms with Crippen molar-refractivity contribution in [3.63, 3.8) is 0 Å². The van der Waals surface area contributed by atoms with Crippen LogP contribution >= 0.6 is 0 Å². The van der Waals surface area contributed by atoms with Gasteiger partial charge in [-0.15, -0.1) is 0 Å². The molecule has 1 fully saturated rings. The predicted molar refractivity (Wildman–Crippen MR) is 79.8 cm³/mol. The quantitative estimate of drug-likeness (QED) is 0.830. The van der Waals surface area contributed by atoms with Crippen LogP contribution in [0.4, 0.5) is 11.8 Å². The molecule has 0 spiro atoms. The van der Waals surface area contributed by atoms with E-state index in [9.17, 15) is 0 Å². The van der Waals surface area contributed by atoms with Crippen LogP contribution in [0.25, 0.3) is 0 Å². The van der Waals surface area contributed by atoms with Crippen LogP contribution in [0.5, 0.6) is 5.88 Å². The van der Waals surface area contributed by atoms with Crippen molar-refractivity contribution in [3.05, 3.63) is 30.4 Å². The molecule has 3 heterocycles. The number of anilines is 2. The second kappa shape index (κ2) is 5.90. The molecule has 1 aliphatic rings. The summed E-state index contributed by atoms with van der Waals surface area (Å²) in [4.78, 5) is 21.7. The SMILES string of the molecule is COc1cc(C)nc(N2CCN(c3cnccn3)CC2)n1. The molecule has 3 rings (SSSR count). The van der Waals surface area contributed by atoms with Crippen molar-refractivity contribution in [1.82, 2.24) is 19.9 Å². The molecule has 0 unspecified atom stereocenters. The lowest BCUT2D eigenvalue weighted by Crippen LogP contribution is -2.47. The minimum Gasteiger partial charge on any atom is -0.481 e. The molecule has 21 heavy (non-hydrogen) atoms. The fourth-order valence-electron chi connectivity index (χ4n) is 2.36. The monoisotopic (exact) mass is 286 g/mol. The second-order valence-electron chi connectivity index (χ2n) is 4.89. The highest BCUT2D eigenvalue weighted by Gasteiger charge is 2.20. The van der Waals surface area contributed by atoms with Gasteiger partial charge in [0.2, 0.25) is 11.8 Å². The van der Waals surface area contributed by atoms with E-state index in [4.69, 9.17) is 4.74 Å². The third kappa shape index (κ3) is 3.01. The van der Waals surface area contributed by atoms with E-state index in [1.165, 1.54) is 0 Å². The van der Waals surface area contributed by atoms with Gasteiger partial charge in [-0.05, 0) is 6.92 Å². The van der Waals surface area contributed by atoms with Crippen LogP contribution in [0.15, 0.2) is 24.7 Å². The first kappa shape index (κ1) is 13.5. The summed E-state index contributed by atoms with van der Waals surface area (Å²) < 4.78 is 5.21. The lowest BCUT2D eigenvalue weighted by molar-refractivity contribution is 0.396. The molecule has 0 atom stereocenters. The van der Waals surface area contributed by atoms with E-state index in [2.05, 4.69) is 29.7 Å². The summed E-state index contributed by atoms with van der Waals surface area (Å²) in [6.45, 7) is 5.40. The van der Waals surface area contributed by atoms with Gasteiger partial charge >= 0.3 is 0 Å². The molecule has 1 saturated heterocycles. The second-order valence-corrected chi connectivity index (χ2v) is 4.89. The van der Waals surface area contributed by atoms with E-state index < -0.39 is 0 Å². The number of methoxy groups -OCH3 is 1. The Morgan fingerprint density at radius 1 is 1.05 bits per heavy atom. The van der Waals surface area contributed by atoms with Gasteiger partial charge in [-0.1, -0.05) is 0 Å². The topological polar surface area (TPSA) is 67.3 Å². The number of nitrogens with zero attached hydrogens (tertiary/aromatic N) is 6. The zero-order valence-electron chi connectivity index (χ0n) is 12.2. The van der Waals surface area contributed by atoms with E-state index >= 15 is 0 Å². The van der Waals surface area contributed by atoms with Crippen molar-refractivity contribution in [1.29, 1.82) is 0 Å². The summed E-state index contributed by atoms with van der Waals surface area (Å²) in [6.07, 6.45) is 5.20. The summed E-state index contributed by atoms with van der Waals surface area (Å²) in [6, 6.07) is 1.83. The highest BCUT2D eigenvalue weighted by atomic mass is 16.5. The van der Waals surface area contributed by atoms with Gasteiger partial charge in [0.05, 0.1) is 13.3 Å². The Labute approximate surface area is 123 Å². The number of hydrogen-bond acceptors (Lipinski definition) is 7. The molecule has 110 valence electrons. The third-order valence-corrected chi connectivity index (χ3v) is 3.46. The van der Waals surface area contributed by atoms with Gasteiger partial charge in [0.15, 0.2) is 0 Å². The molecule has 0 N–H and O–H groups in total. The van der Waals surface area contributed by atoms with E-state index in [0.29, 0.717) is 5.88 Å². The van der Waals surface area contributed by atoms with Crippen molar-refractivity contribution >= 4 is 11.8 Å². The Bertz CT molecular complexity index is 598. The molecule has 2 aromatic rings. The van der Waals surface area contributed by atoms with Crippen LogP contribution in [-0.2, 0) is 0 Å². The third-order valence-electron chi connectivity index (χ3n) is 3.46. The molecule has 0 saturated carbocycles. The standard InChI is InChI=1S/C14H18N6O/c1-11-9-13(21-2)18-14(17-11)20-7-5-19(6-8-20)12-10-15-3-4-16-12/h3-4,9-10H,5-8H2,1-2H3. The van der Waals surface area contributed by atoms with E-state index in [0.717, 1.165) is 43.6 Å². The van der Waals surface area contributed by atoms with Crippen molar-refractivity contribution in [2.24, 2.45) is 0 Å². The summed E-state index contributed by atoms with van der Waals surface area (Å²) in [7, 11) is 1.62. The van der Waals surface area contributed by atoms with Crippen LogP contribution in [0.3, 0.4) is 0 Å². The average Bonchev–Trinajstić information content (AvgIpc) is 2.55. The summed E-state index contributed by atoms with van der Waals surface area (Å²) in [5, 5.41) is 0. The van der Waals surface area contributed by atoms with Gasteiger partial charge in [-0.3, -0.25) is 4.98 Å². The van der Waals surface area contributed by atoms with Gasteiger partial charge in [-0.25, -0.2) is 9.97 Å². The van der Waals surface area contributed by atoms with E-state index in [1.54, 1.807) is 25.7 Å². The largest absolute Gasteiger partial charge is 0.481 e. The number of piperazine rings is 1. The first-order valence-electron chi connectivity index (χ1n) is 6.92. The molecule has 7 nitrogen and oxygen atoms in total. The molecule has 0 radical (unpaired) electrons. The Hall–Kier alpha value is -2.44. The Balaban J connectivity index is 1.70. The van der Waals surface area contributed by atoms with Crippen LogP contribution in [0.1, 0.15) is 5.69 Å². The summed E-state index contributed by atoms with van der Waals surface area (Å²) in [5.41, 5.74) is 0.910. The highest BCUT2D eigenvalue weighted by molar-refractivity contribution is 5.41. The molecule has 2 aromatic heterocycles. The molecular weight excluding hydrogens is 268 g/mol. The Morgan fingerprint density at radius 3 is 2.48 bits per heavy atom. The molecular formula is C14H18N6O. The Kier molecular flexibility index (Phi) is 3.81. The first-order valence-corrected chi connectivity index (χ1v) is 6.92. The maximum absolute atomic E-state index is 5.21. The zero-order valence-corrected chi connectivity index (χ0v) is 12.2. The molecule has 0 bridgehead atoms. The minimum absolute atomic E-state index is 0.605. The van der Waals surface area contributed by atoms with Gasteiger partial charge in [0.1, 0.15) is 5.82 Å². The summed E-state index contributed by atoms with van der Waals surface area (Å²) >= 11 is 0. The molecule has 0 amide bonds. The maximum atomic E-state index is 5.21. The minimum atomic E-state index is 0.605. The number of hydrogen-bond donors (Lipinski definition) is 0. The van der Waals surface area contributed by atoms with Gasteiger partial charge in [0, 0.05) is 50.3 Å². The van der Waals surface area contributed by atoms with Crippen molar-refractivity contribution in [2.45, 2.75) is 6.92 Å². The van der Waals surface area contributed by atoms with Gasteiger partial charge in [-0.2, -0.15) is 4.98 Å². The first-order chi connectivity index (χ1) is 10.3. The zero-order chi connectivity index (χ0) is 14.7. The van der Waals surface area contributed by atoms with E-state index in [-0.39, 0.29) is 0 Å². The number of rotatable bonds is 3. The Morgan fingerprint density at radius 2 is 1.81 bits per heavy atom. The number of aryl methyl sites for hydroxylation is 1. The van der Waals surface area contributed by atoms with Crippen LogP contribution in [-0.4, -0.2) is 53.2 Å². The molecule has 1 aliphatic heterocycles. The van der Waals surface area contributed by atoms with Gasteiger partial charge in [0.25, 0.3) is 0 Å². The summed E-state index contributed by atoms with van der Waals surface area (Å²) in [5.74, 6) is 2.25. The van der Waals surface area contributed by atoms with Crippen LogP contribution in [0, 0.1) is 6.92 Å². The van der Waals surface area contributed by atoms with Crippen molar-refractivity contribution < 1.29 is 4.74 Å². The van der Waals surface area contributed by atoms with Crippen LogP contribution < -0.4 is 14.5 Å². The fraction of sp³-hybridized carbons (Fsp3) is 0.429. The average molecular weight is 286 g/mol. The smallest absolute Gasteiger partial charge is 0.228 e. The van der Waals surface area contributed by atoms with Crippen molar-refractivity contribution in [2.75, 3.05) is 43.1 Å². The lowest BCUT2D eigenvalue weighted by atomic mass is 10.3. The molecule has 0 aromatic carbocycles. The van der Waals surface area contributed by atoms with Crippen molar-refractivity contribution in [3.8, 4) is 5.88 Å². The number of ether oxygens (including phenoxy) is 1. The maximum Gasteiger partial charge on any atom is 0.228 e. The predicted octanol–water partition coefficient (Wildman–Crippen LogP) is 0.910. The van der Waals surface area contributed by atoms with E-state index in [1.807, 2.05) is 13.0 Å². The van der Waals surface area contributed by atoms with Crippen LogP contribution in [0.2, 0.25) is 0 Å². The fourth-order valence-corrected chi connectivity index (χ4v) is 2.36.